The Morgan fingerprint density at radius 1 is 1.09 bits per heavy atom. The van der Waals surface area contributed by atoms with Crippen LogP contribution in [0.4, 0.5) is 10.5 Å². The number of nitrogens with zero attached hydrogens (tertiary/aromatic N) is 1. The van der Waals surface area contributed by atoms with Crippen LogP contribution in [0.15, 0.2) is 75.0 Å². The van der Waals surface area contributed by atoms with Crippen molar-refractivity contribution >= 4 is 28.5 Å². The lowest BCUT2D eigenvalue weighted by Crippen LogP contribution is -2.65. The summed E-state index contributed by atoms with van der Waals surface area (Å²) in [5.41, 5.74) is 10.9. The second kappa shape index (κ2) is 13.2. The highest BCUT2D eigenvalue weighted by atomic mass is 16.7. The molecule has 5 N–H and O–H groups in total. The predicted molar refractivity (Wildman–Crippen MR) is 166 cm³/mol. The number of aryl methyl sites for hydroxylation is 1. The first kappa shape index (κ1) is 33.1. The number of benzene rings is 3. The summed E-state index contributed by atoms with van der Waals surface area (Å²) in [6.45, 7) is 4.88. The molecule has 14 nitrogen and oxygen atoms in total. The van der Waals surface area contributed by atoms with Gasteiger partial charge in [0, 0.05) is 24.7 Å². The van der Waals surface area contributed by atoms with E-state index >= 15 is 0 Å². The smallest absolute Gasteiger partial charge is 0.404 e. The number of aliphatic hydroxyl groups is 1. The van der Waals surface area contributed by atoms with Crippen molar-refractivity contribution in [3.63, 3.8) is 0 Å². The third kappa shape index (κ3) is 6.65. The molecule has 1 amide bonds. The number of rotatable bonds is 10. The number of fused-ring (bicyclic) bond motifs is 1. The number of Topliss-reactive ketones (excluding diaryl/α,β-unsaturated/α-hetero) is 1. The summed E-state index contributed by atoms with van der Waals surface area (Å²) in [5, 5.41) is 25.7. The highest BCUT2D eigenvalue weighted by Crippen LogP contribution is 2.38. The summed E-state index contributed by atoms with van der Waals surface area (Å²) in [6.07, 6.45) is -6.61. The minimum Gasteiger partial charge on any atom is -0.507 e. The van der Waals surface area contributed by atoms with Crippen molar-refractivity contribution in [3.8, 4) is 23.0 Å². The molecule has 1 aliphatic heterocycles. The van der Waals surface area contributed by atoms with E-state index in [0.717, 1.165) is 0 Å². The molecule has 246 valence electrons. The summed E-state index contributed by atoms with van der Waals surface area (Å²) in [7, 11) is 1.37. The lowest BCUT2D eigenvalue weighted by molar-refractivity contribution is -0.304. The Kier molecular flexibility index (Phi) is 9.28. The van der Waals surface area contributed by atoms with Crippen molar-refractivity contribution in [2.45, 2.75) is 57.4 Å². The van der Waals surface area contributed by atoms with Gasteiger partial charge in [-0.05, 0) is 63.2 Å². The third-order valence-electron chi connectivity index (χ3n) is 7.82. The van der Waals surface area contributed by atoms with E-state index in [-0.39, 0.29) is 44.8 Å². The van der Waals surface area contributed by atoms with Crippen molar-refractivity contribution in [1.82, 2.24) is 0 Å². The summed E-state index contributed by atoms with van der Waals surface area (Å²) >= 11 is 0. The van der Waals surface area contributed by atoms with E-state index in [1.54, 1.807) is 45.0 Å². The van der Waals surface area contributed by atoms with Gasteiger partial charge in [0.25, 0.3) is 0 Å². The maximum atomic E-state index is 13.3. The Bertz CT molecular complexity index is 1890. The van der Waals surface area contributed by atoms with E-state index in [9.17, 15) is 24.6 Å². The number of amides is 1. The Hall–Kier alpha value is -5.31. The number of carbonyl (C=O) groups is 2. The molecule has 14 heteroatoms. The molecule has 0 saturated carbocycles. The maximum absolute atomic E-state index is 13.3. The van der Waals surface area contributed by atoms with Gasteiger partial charge >= 0.3 is 11.7 Å². The number of para-hydroxylation sites is 1. The number of hydrogen-bond donors (Lipinski definition) is 4. The maximum Gasteiger partial charge on any atom is 0.404 e. The Morgan fingerprint density at radius 2 is 1.81 bits per heavy atom. The summed E-state index contributed by atoms with van der Waals surface area (Å²) in [5.74, 6) is -0.212. The van der Waals surface area contributed by atoms with Gasteiger partial charge in [0.2, 0.25) is 6.29 Å². The zero-order chi connectivity index (χ0) is 34.0. The van der Waals surface area contributed by atoms with Crippen molar-refractivity contribution in [2.24, 2.45) is 10.8 Å². The molecule has 1 saturated heterocycles. The zero-order valence-electron chi connectivity index (χ0n) is 25.9. The van der Waals surface area contributed by atoms with Crippen molar-refractivity contribution in [2.75, 3.05) is 7.11 Å². The van der Waals surface area contributed by atoms with Gasteiger partial charge in [0.15, 0.2) is 23.7 Å². The number of nitrogens with one attached hydrogen (secondary N) is 1. The van der Waals surface area contributed by atoms with E-state index in [2.05, 4.69) is 5.11 Å². The molecule has 1 aliphatic rings. The van der Waals surface area contributed by atoms with Crippen LogP contribution in [0.3, 0.4) is 0 Å². The average molecular weight is 648 g/mol. The number of carbonyl (C=O) groups excluding carboxylic acids is 2. The molecule has 0 aliphatic carbocycles. The number of hydrogen-bond acceptors (Lipinski definition) is 13. The van der Waals surface area contributed by atoms with Gasteiger partial charge in [0.1, 0.15) is 34.6 Å². The molecule has 47 heavy (non-hydrogen) atoms. The molecule has 0 spiro atoms. The second-order valence-electron chi connectivity index (χ2n) is 11.3. The Morgan fingerprint density at radius 3 is 2.47 bits per heavy atom. The van der Waals surface area contributed by atoms with Gasteiger partial charge in [-0.15, -0.1) is 0 Å². The van der Waals surface area contributed by atoms with Crippen LogP contribution in [-0.4, -0.2) is 59.4 Å². The number of nitrogens with two attached hydrogens (primary N) is 1. The fourth-order valence-electron chi connectivity index (χ4n) is 5.50. The molecule has 1 aromatic heterocycles. The largest absolute Gasteiger partial charge is 0.507 e. The summed E-state index contributed by atoms with van der Waals surface area (Å²) in [6, 6.07) is 15.9. The van der Waals surface area contributed by atoms with Gasteiger partial charge < -0.3 is 44.0 Å². The van der Waals surface area contributed by atoms with E-state index < -0.39 is 59.9 Å². The SMILES string of the molecule is CO[C@@H]1[C@@H](OC(N)=O)[C@@H](O)[C@H](Oc2ccc3c(O)c(CC(=O)c4ccc(N=N)c(Oc5ccccc5)c4)c(=O)oc3c2C)OC1(C)C. The number of ether oxygens (including phenoxy) is 5. The first-order valence-corrected chi connectivity index (χ1v) is 14.4. The number of ketones is 1. The fraction of sp³-hybridized carbons (Fsp3) is 0.303. The first-order chi connectivity index (χ1) is 22.3. The number of methoxy groups -OCH3 is 1. The standard InChI is InChI=1S/C33H33N3O11/c1-16-23(44-31-26(39)28(46-32(34)41)29(42-4)33(2,3)47-31)13-11-19-25(38)20(30(40)45-27(16)19)15-22(37)17-10-12-21(36-35)24(14-17)43-18-8-6-5-7-9-18/h5-14,26,28-29,31,35,38-39H,15H2,1-4H3,(H2,34,41)/t26-,28+,29-,31-/m1/s1. The minimum atomic E-state index is -1.52. The van der Waals surface area contributed by atoms with Crippen LogP contribution >= 0.6 is 0 Å². The van der Waals surface area contributed by atoms with Gasteiger partial charge in [0.05, 0.1) is 16.6 Å². The van der Waals surface area contributed by atoms with Crippen molar-refractivity contribution in [1.29, 1.82) is 5.53 Å². The average Bonchev–Trinajstić information content (AvgIpc) is 3.03. The predicted octanol–water partition coefficient (Wildman–Crippen LogP) is 5.04. The summed E-state index contributed by atoms with van der Waals surface area (Å²) < 4.78 is 33.8. The molecule has 2 heterocycles. The second-order valence-corrected chi connectivity index (χ2v) is 11.3. The molecule has 5 rings (SSSR count). The topological polar surface area (TPSA) is 213 Å². The highest BCUT2D eigenvalue weighted by Gasteiger charge is 2.53. The molecule has 0 radical (unpaired) electrons. The van der Waals surface area contributed by atoms with E-state index in [1.807, 2.05) is 6.07 Å². The van der Waals surface area contributed by atoms with Crippen LogP contribution in [0.2, 0.25) is 0 Å². The molecule has 4 aromatic rings. The van der Waals surface area contributed by atoms with Crippen LogP contribution < -0.4 is 20.8 Å². The molecular weight excluding hydrogens is 614 g/mol. The summed E-state index contributed by atoms with van der Waals surface area (Å²) in [4.78, 5) is 38.0. The van der Waals surface area contributed by atoms with E-state index in [4.69, 9.17) is 39.4 Å². The molecule has 0 unspecified atom stereocenters. The molecule has 3 aromatic carbocycles. The molecule has 0 bridgehead atoms. The van der Waals surface area contributed by atoms with Crippen LogP contribution in [0, 0.1) is 12.5 Å². The molecule has 1 fully saturated rings. The Balaban J connectivity index is 1.42. The lowest BCUT2D eigenvalue weighted by Gasteiger charge is -2.47. The van der Waals surface area contributed by atoms with Crippen LogP contribution in [0.5, 0.6) is 23.0 Å². The van der Waals surface area contributed by atoms with E-state index in [1.165, 1.54) is 37.4 Å². The number of primary amides is 1. The van der Waals surface area contributed by atoms with Gasteiger partial charge in [-0.2, -0.15) is 5.11 Å². The molecule has 4 atom stereocenters. The first-order valence-electron chi connectivity index (χ1n) is 14.4. The minimum absolute atomic E-state index is 0.0228. The fourth-order valence-corrected chi connectivity index (χ4v) is 5.50. The normalized spacial score (nSPS) is 20.4. The quantitative estimate of drug-likeness (QED) is 0.102. The van der Waals surface area contributed by atoms with Gasteiger partial charge in [-0.3, -0.25) is 4.79 Å². The molecular formula is C33H33N3O11. The van der Waals surface area contributed by atoms with Crippen LogP contribution in [0.1, 0.15) is 35.3 Å². The lowest BCUT2D eigenvalue weighted by atomic mass is 9.89. The highest BCUT2D eigenvalue weighted by molar-refractivity contribution is 5.99. The zero-order valence-corrected chi connectivity index (χ0v) is 25.9. The third-order valence-corrected chi connectivity index (χ3v) is 7.82. The number of aromatic hydroxyl groups is 1. The monoisotopic (exact) mass is 647 g/mol. The van der Waals surface area contributed by atoms with Crippen LogP contribution in [-0.2, 0) is 20.6 Å². The van der Waals surface area contributed by atoms with Crippen LogP contribution in [0.25, 0.3) is 11.0 Å². The van der Waals surface area contributed by atoms with Crippen molar-refractivity contribution in [3.05, 3.63) is 87.8 Å². The van der Waals surface area contributed by atoms with Gasteiger partial charge in [-0.25, -0.2) is 15.1 Å². The Labute approximate surface area is 268 Å². The van der Waals surface area contributed by atoms with Gasteiger partial charge in [-0.1, -0.05) is 18.2 Å². The number of aliphatic hydroxyl groups excluding tert-OH is 1. The van der Waals surface area contributed by atoms with Crippen molar-refractivity contribution < 1.29 is 47.9 Å². The van der Waals surface area contributed by atoms with E-state index in [0.29, 0.717) is 5.75 Å².